The number of hydrogen-bond donors (Lipinski definition) is 2. The lowest BCUT2D eigenvalue weighted by atomic mass is 9.95. The summed E-state index contributed by atoms with van der Waals surface area (Å²) in [6.45, 7) is 3.89. The minimum absolute atomic E-state index is 0.000649. The van der Waals surface area contributed by atoms with Gasteiger partial charge in [0, 0.05) is 25.1 Å². The van der Waals surface area contributed by atoms with Crippen LogP contribution in [0, 0.1) is 5.92 Å². The Balaban J connectivity index is 1.83. The molecule has 0 radical (unpaired) electrons. The molecule has 0 aromatic heterocycles. The molecular formula is C18H27N3O3. The van der Waals surface area contributed by atoms with E-state index >= 15 is 0 Å². The van der Waals surface area contributed by atoms with E-state index < -0.39 is 0 Å². The van der Waals surface area contributed by atoms with Gasteiger partial charge < -0.3 is 15.4 Å². The molecule has 0 saturated carbocycles. The second-order valence-corrected chi connectivity index (χ2v) is 6.13. The predicted molar refractivity (Wildman–Crippen MR) is 92.7 cm³/mol. The summed E-state index contributed by atoms with van der Waals surface area (Å²) in [4.78, 5) is 26.2. The Labute approximate surface area is 143 Å². The molecule has 1 saturated heterocycles. The number of hydrogen-bond acceptors (Lipinski definition) is 4. The Morgan fingerprint density at radius 3 is 2.58 bits per heavy atom. The molecule has 1 aliphatic rings. The van der Waals surface area contributed by atoms with Crippen LogP contribution < -0.4 is 15.4 Å². The van der Waals surface area contributed by atoms with Crippen molar-refractivity contribution in [2.24, 2.45) is 5.92 Å². The molecule has 1 fully saturated rings. The Morgan fingerprint density at radius 1 is 1.29 bits per heavy atom. The van der Waals surface area contributed by atoms with Gasteiger partial charge >= 0.3 is 0 Å². The summed E-state index contributed by atoms with van der Waals surface area (Å²) < 4.78 is 5.30. The van der Waals surface area contributed by atoms with Crippen molar-refractivity contribution >= 4 is 11.8 Å². The lowest BCUT2D eigenvalue weighted by Crippen LogP contribution is -2.49. The summed E-state index contributed by atoms with van der Waals surface area (Å²) in [5.41, 5.74) is 0.957. The summed E-state index contributed by atoms with van der Waals surface area (Å²) in [7, 11) is 3.29. The van der Waals surface area contributed by atoms with Crippen molar-refractivity contribution in [2.45, 2.75) is 32.4 Å². The highest BCUT2D eigenvalue weighted by atomic mass is 16.5. The Bertz CT molecular complexity index is 568. The summed E-state index contributed by atoms with van der Waals surface area (Å²) in [6, 6.07) is 7.46. The Hall–Kier alpha value is -2.08. The average molecular weight is 333 g/mol. The highest BCUT2D eigenvalue weighted by Gasteiger charge is 2.29. The number of amides is 2. The Morgan fingerprint density at radius 2 is 1.96 bits per heavy atom. The van der Waals surface area contributed by atoms with E-state index in [1.807, 2.05) is 31.2 Å². The highest BCUT2D eigenvalue weighted by molar-refractivity contribution is 5.81. The van der Waals surface area contributed by atoms with Crippen molar-refractivity contribution in [2.75, 3.05) is 27.2 Å². The molecule has 6 nitrogen and oxygen atoms in total. The fraction of sp³-hybridized carbons (Fsp3) is 0.556. The highest BCUT2D eigenvalue weighted by Crippen LogP contribution is 2.20. The molecule has 1 aliphatic heterocycles. The molecule has 2 amide bonds. The maximum Gasteiger partial charge on any atom is 0.237 e. The van der Waals surface area contributed by atoms with Crippen LogP contribution in [0.2, 0.25) is 0 Å². The number of methoxy groups -OCH3 is 1. The van der Waals surface area contributed by atoms with Crippen molar-refractivity contribution < 1.29 is 14.3 Å². The molecule has 2 N–H and O–H groups in total. The van der Waals surface area contributed by atoms with Gasteiger partial charge in [0.15, 0.2) is 0 Å². The van der Waals surface area contributed by atoms with Crippen molar-refractivity contribution in [3.05, 3.63) is 29.8 Å². The molecule has 1 heterocycles. The smallest absolute Gasteiger partial charge is 0.237 e. The van der Waals surface area contributed by atoms with Crippen LogP contribution in [0.25, 0.3) is 0 Å². The van der Waals surface area contributed by atoms with E-state index in [2.05, 4.69) is 15.5 Å². The van der Waals surface area contributed by atoms with Gasteiger partial charge in [-0.2, -0.15) is 0 Å². The molecule has 6 heteroatoms. The predicted octanol–water partition coefficient (Wildman–Crippen LogP) is 1.16. The lowest BCUT2D eigenvalue weighted by Gasteiger charge is -2.34. The molecule has 132 valence electrons. The van der Waals surface area contributed by atoms with Gasteiger partial charge in [0.25, 0.3) is 0 Å². The average Bonchev–Trinajstić information content (AvgIpc) is 2.65. The maximum absolute atomic E-state index is 12.4. The van der Waals surface area contributed by atoms with E-state index in [-0.39, 0.29) is 23.8 Å². The second-order valence-electron chi connectivity index (χ2n) is 6.13. The first-order valence-electron chi connectivity index (χ1n) is 8.42. The van der Waals surface area contributed by atoms with Crippen LogP contribution in [-0.4, -0.2) is 50.0 Å². The number of likely N-dealkylation sites (tertiary alicyclic amines) is 1. The van der Waals surface area contributed by atoms with Gasteiger partial charge in [0.2, 0.25) is 11.8 Å². The molecule has 0 aliphatic carbocycles. The third-order valence-electron chi connectivity index (χ3n) is 4.72. The first-order chi connectivity index (χ1) is 11.6. The standard InChI is InChI=1S/C18H27N3O3/c1-13(21-10-8-14(9-11-21)18(23)19-2)17(22)20-12-15-6-4-5-7-16(15)24-3/h4-7,13-14H,8-12H2,1-3H3,(H,19,23)(H,20,22). The molecule has 1 aromatic rings. The quantitative estimate of drug-likeness (QED) is 0.819. The van der Waals surface area contributed by atoms with E-state index in [1.54, 1.807) is 14.2 Å². The molecule has 1 unspecified atom stereocenters. The van der Waals surface area contributed by atoms with Crippen molar-refractivity contribution in [3.63, 3.8) is 0 Å². The summed E-state index contributed by atoms with van der Waals surface area (Å²) >= 11 is 0. The molecule has 2 rings (SSSR count). The van der Waals surface area contributed by atoms with Crippen molar-refractivity contribution in [1.82, 2.24) is 15.5 Å². The third kappa shape index (κ3) is 4.47. The zero-order chi connectivity index (χ0) is 17.5. The molecule has 1 aromatic carbocycles. The van der Waals surface area contributed by atoms with Gasteiger partial charge in [-0.3, -0.25) is 14.5 Å². The SMILES string of the molecule is CNC(=O)C1CCN(C(C)C(=O)NCc2ccccc2OC)CC1. The van der Waals surface area contributed by atoms with E-state index in [0.717, 1.165) is 37.2 Å². The van der Waals surface area contributed by atoms with E-state index in [1.165, 1.54) is 0 Å². The summed E-state index contributed by atoms with van der Waals surface area (Å²) in [5.74, 6) is 0.939. The van der Waals surface area contributed by atoms with Crippen LogP contribution in [0.1, 0.15) is 25.3 Å². The topological polar surface area (TPSA) is 70.7 Å². The van der Waals surface area contributed by atoms with E-state index in [9.17, 15) is 9.59 Å². The summed E-state index contributed by atoms with van der Waals surface area (Å²) in [5, 5.41) is 5.68. The fourth-order valence-corrected chi connectivity index (χ4v) is 3.10. The number of benzene rings is 1. The van der Waals surface area contributed by atoms with Crippen molar-refractivity contribution in [3.8, 4) is 5.75 Å². The van der Waals surface area contributed by atoms with Gasteiger partial charge in [-0.25, -0.2) is 0 Å². The van der Waals surface area contributed by atoms with Crippen LogP contribution in [0.5, 0.6) is 5.75 Å². The molecule has 1 atom stereocenters. The van der Waals surface area contributed by atoms with Gasteiger partial charge in [-0.1, -0.05) is 18.2 Å². The maximum atomic E-state index is 12.4. The molecule has 24 heavy (non-hydrogen) atoms. The first kappa shape index (κ1) is 18.3. The normalized spacial score (nSPS) is 17.1. The van der Waals surface area contributed by atoms with Crippen LogP contribution in [0.3, 0.4) is 0 Å². The number of rotatable bonds is 6. The first-order valence-corrected chi connectivity index (χ1v) is 8.42. The minimum atomic E-state index is -0.203. The van der Waals surface area contributed by atoms with Crippen molar-refractivity contribution in [1.29, 1.82) is 0 Å². The largest absolute Gasteiger partial charge is 0.496 e. The number of ether oxygens (including phenoxy) is 1. The van der Waals surface area contributed by atoms with Gasteiger partial charge in [-0.05, 0) is 38.9 Å². The monoisotopic (exact) mass is 333 g/mol. The molecule has 0 spiro atoms. The number of nitrogens with zero attached hydrogens (tertiary/aromatic N) is 1. The number of carbonyl (C=O) groups excluding carboxylic acids is 2. The van der Waals surface area contributed by atoms with Gasteiger partial charge in [0.1, 0.15) is 5.75 Å². The van der Waals surface area contributed by atoms with Crippen LogP contribution in [0.15, 0.2) is 24.3 Å². The zero-order valence-electron chi connectivity index (χ0n) is 14.7. The minimum Gasteiger partial charge on any atom is -0.496 e. The van der Waals surface area contributed by atoms with Crippen LogP contribution in [0.4, 0.5) is 0 Å². The fourth-order valence-electron chi connectivity index (χ4n) is 3.10. The zero-order valence-corrected chi connectivity index (χ0v) is 14.7. The van der Waals surface area contributed by atoms with Gasteiger partial charge in [-0.15, -0.1) is 0 Å². The molecular weight excluding hydrogens is 306 g/mol. The summed E-state index contributed by atoms with van der Waals surface area (Å²) in [6.07, 6.45) is 1.59. The van der Waals surface area contributed by atoms with Gasteiger partial charge in [0.05, 0.1) is 13.2 Å². The Kier molecular flexibility index (Phi) is 6.61. The third-order valence-corrected chi connectivity index (χ3v) is 4.72. The van der Waals surface area contributed by atoms with Crippen LogP contribution >= 0.6 is 0 Å². The number of piperidine rings is 1. The number of para-hydroxylation sites is 1. The molecule has 0 bridgehead atoms. The number of carbonyl (C=O) groups is 2. The number of nitrogens with one attached hydrogen (secondary N) is 2. The second kappa shape index (κ2) is 8.68. The van der Waals surface area contributed by atoms with E-state index in [0.29, 0.717) is 6.54 Å². The van der Waals surface area contributed by atoms with E-state index in [4.69, 9.17) is 4.74 Å². The van der Waals surface area contributed by atoms with Crippen LogP contribution in [-0.2, 0) is 16.1 Å². The lowest BCUT2D eigenvalue weighted by molar-refractivity contribution is -0.128.